The van der Waals surface area contributed by atoms with Crippen molar-refractivity contribution in [2.45, 2.75) is 79.1 Å². The molecule has 356 valence electrons. The van der Waals surface area contributed by atoms with Gasteiger partial charge in [0.05, 0.1) is 11.4 Å². The van der Waals surface area contributed by atoms with Crippen LogP contribution in [0, 0.1) is 0 Å². The van der Waals surface area contributed by atoms with E-state index >= 15 is 19.2 Å². The molecule has 11 aromatic carbocycles. The van der Waals surface area contributed by atoms with Crippen LogP contribution < -0.4 is 32.0 Å². The van der Waals surface area contributed by atoms with Crippen LogP contribution in [0.2, 0.25) is 0 Å². The summed E-state index contributed by atoms with van der Waals surface area (Å²) in [7, 11) is 8.10. The largest absolute Gasteiger partial charge is 0.378 e. The van der Waals surface area contributed by atoms with Crippen molar-refractivity contribution in [3.05, 3.63) is 161 Å². The van der Waals surface area contributed by atoms with Crippen molar-refractivity contribution in [3.63, 3.8) is 0 Å². The van der Waals surface area contributed by atoms with Gasteiger partial charge in [-0.05, 0) is 159 Å². The van der Waals surface area contributed by atoms with Crippen LogP contribution >= 0.6 is 0 Å². The summed E-state index contributed by atoms with van der Waals surface area (Å²) in [5.41, 5.74) is 5.70. The Morgan fingerprint density at radius 3 is 0.847 bits per heavy atom. The van der Waals surface area contributed by atoms with Gasteiger partial charge in [0.25, 0.3) is 22.2 Å². The molecule has 0 fully saturated rings. The summed E-state index contributed by atoms with van der Waals surface area (Å²) in [6, 6.07) is 33.3. The molecule has 0 aliphatic rings. The molecular weight excluding hydrogens is 889 g/mol. The van der Waals surface area contributed by atoms with E-state index in [-0.39, 0.29) is 45.9 Å². The van der Waals surface area contributed by atoms with Crippen molar-refractivity contribution >= 4 is 119 Å². The smallest absolute Gasteiger partial charge is 0.266 e. The summed E-state index contributed by atoms with van der Waals surface area (Å²) in [4.78, 5) is 67.6. The summed E-state index contributed by atoms with van der Waals surface area (Å²) < 4.78 is 2.96. The summed E-state index contributed by atoms with van der Waals surface area (Å²) in [6.45, 7) is 16.9. The highest BCUT2D eigenvalue weighted by atomic mass is 16.2. The Bertz CT molecular complexity index is 4450. The molecule has 0 spiro atoms. The number of hydrogen-bond acceptors (Lipinski definition) is 6. The zero-order valence-corrected chi connectivity index (χ0v) is 43.0. The number of fused-ring (bicyclic) bond motifs is 6. The Hall–Kier alpha value is -7.84. The van der Waals surface area contributed by atoms with Gasteiger partial charge in [0.2, 0.25) is 0 Å². The maximum absolute atomic E-state index is 15.9. The van der Waals surface area contributed by atoms with Crippen LogP contribution in [0.3, 0.4) is 0 Å². The van der Waals surface area contributed by atoms with Gasteiger partial charge in [-0.15, -0.1) is 0 Å². The van der Waals surface area contributed by atoms with Crippen LogP contribution in [0.5, 0.6) is 0 Å². The summed E-state index contributed by atoms with van der Waals surface area (Å²) in [5.74, 6) is 0.152. The first-order valence-corrected chi connectivity index (χ1v) is 25.4. The Morgan fingerprint density at radius 1 is 0.306 bits per heavy atom. The predicted octanol–water partition coefficient (Wildman–Crippen LogP) is 14.1. The predicted molar refractivity (Wildman–Crippen MR) is 306 cm³/mol. The van der Waals surface area contributed by atoms with E-state index in [1.54, 1.807) is 0 Å². The molecule has 0 aliphatic heterocycles. The van der Waals surface area contributed by atoms with E-state index in [0.717, 1.165) is 109 Å². The average Bonchev–Trinajstić information content (AvgIpc) is 3.35. The Labute approximate surface area is 415 Å². The lowest BCUT2D eigenvalue weighted by molar-refractivity contribution is 0.792. The first-order valence-electron chi connectivity index (χ1n) is 25.4. The zero-order valence-electron chi connectivity index (χ0n) is 43.0. The second-order valence-electron chi connectivity index (χ2n) is 22.2. The number of hydrogen-bond donors (Lipinski definition) is 0. The number of benzene rings is 11. The highest BCUT2D eigenvalue weighted by Crippen LogP contribution is 2.55. The normalized spacial score (nSPS) is 12.9. The standard InChI is InChI=1S/C64H56N4O4/c1-29(2)35-15-13-16-36(30(3)4)59(35)67-61(69)47-25-43-39-21-19-33(65(9)10)23-41(39)45-27-49-52-50(64(72)68(63(49)71)60-37(31(5)6)17-14-18-38(60)32(7)8)28-46-42-24-34(66(11)12)20-22-40(42)44-26-48(62(67)70)51(47)57-53(43)55(45)58(52)56(46)54(44)57/h13-32H,1-12H3. The minimum Gasteiger partial charge on any atom is -0.378 e. The van der Waals surface area contributed by atoms with Crippen LogP contribution in [-0.4, -0.2) is 37.3 Å². The molecule has 8 heteroatoms. The van der Waals surface area contributed by atoms with Crippen molar-refractivity contribution in [2.75, 3.05) is 38.0 Å². The molecule has 72 heavy (non-hydrogen) atoms. The fraction of sp³-hybridized carbons (Fsp3) is 0.250. The highest BCUT2D eigenvalue weighted by Gasteiger charge is 2.33. The molecule has 2 heterocycles. The second-order valence-corrected chi connectivity index (χ2v) is 22.2. The Morgan fingerprint density at radius 2 is 0.583 bits per heavy atom. The highest BCUT2D eigenvalue weighted by molar-refractivity contribution is 6.54. The zero-order chi connectivity index (χ0) is 50.4. The number of nitrogens with zero attached hydrogens (tertiary/aromatic N) is 4. The van der Waals surface area contributed by atoms with E-state index in [0.29, 0.717) is 43.7 Å². The number of anilines is 2. The van der Waals surface area contributed by atoms with E-state index in [1.165, 1.54) is 9.13 Å². The number of rotatable bonds is 8. The SMILES string of the molecule is CC(C)c1cccc(C(C)C)c1-n1c(=O)c2cc3c4ccc(N(C)C)cc4c4cc5c(=O)n(-c6c(C(C)C)cccc6C(C)C)c(=O)c6cc7c8cc(N(C)C)ccc8c8cc(c1=O)c2c1c3c4c(c56)c7c81. The van der Waals surface area contributed by atoms with Crippen LogP contribution in [0.4, 0.5) is 11.4 Å². The molecule has 0 aliphatic carbocycles. The van der Waals surface area contributed by atoms with Gasteiger partial charge < -0.3 is 9.80 Å². The van der Waals surface area contributed by atoms with Crippen molar-refractivity contribution < 1.29 is 0 Å². The third kappa shape index (κ3) is 5.47. The molecule has 13 aromatic rings. The van der Waals surface area contributed by atoms with Gasteiger partial charge in [-0.3, -0.25) is 19.2 Å². The fourth-order valence-corrected chi connectivity index (χ4v) is 13.0. The Balaban J connectivity index is 1.37. The third-order valence-electron chi connectivity index (χ3n) is 16.4. The summed E-state index contributed by atoms with van der Waals surface area (Å²) in [5, 5.41) is 15.9. The number of aromatic nitrogens is 2. The van der Waals surface area contributed by atoms with E-state index in [9.17, 15) is 0 Å². The lowest BCUT2D eigenvalue weighted by Crippen LogP contribution is -2.34. The van der Waals surface area contributed by atoms with E-state index in [4.69, 9.17) is 0 Å². The van der Waals surface area contributed by atoms with Crippen LogP contribution in [-0.2, 0) is 0 Å². The molecule has 0 saturated carbocycles. The summed E-state index contributed by atoms with van der Waals surface area (Å²) in [6.07, 6.45) is 0. The molecule has 0 N–H and O–H groups in total. The molecule has 0 bridgehead atoms. The molecule has 2 aromatic heterocycles. The van der Waals surface area contributed by atoms with E-state index < -0.39 is 0 Å². The minimum atomic E-state index is -0.345. The van der Waals surface area contributed by atoms with Crippen molar-refractivity contribution in [2.24, 2.45) is 0 Å². The topological polar surface area (TPSA) is 84.6 Å². The molecule has 13 rings (SSSR count). The molecule has 0 saturated heterocycles. The third-order valence-corrected chi connectivity index (χ3v) is 16.4. The lowest BCUT2D eigenvalue weighted by atomic mass is 9.77. The average molecular weight is 945 g/mol. The van der Waals surface area contributed by atoms with Gasteiger partial charge >= 0.3 is 0 Å². The van der Waals surface area contributed by atoms with Crippen molar-refractivity contribution in [3.8, 4) is 11.4 Å². The van der Waals surface area contributed by atoms with Gasteiger partial charge in [-0.25, -0.2) is 9.13 Å². The van der Waals surface area contributed by atoms with Gasteiger partial charge in [0.1, 0.15) is 0 Å². The summed E-state index contributed by atoms with van der Waals surface area (Å²) >= 11 is 0. The number of pyridine rings is 2. The van der Waals surface area contributed by atoms with E-state index in [1.807, 2.05) is 88.9 Å². The molecule has 0 unspecified atom stereocenters. The minimum absolute atomic E-state index is 0.0366. The monoisotopic (exact) mass is 944 g/mol. The molecule has 8 nitrogen and oxygen atoms in total. The molecule has 0 radical (unpaired) electrons. The molecular formula is C64H56N4O4. The quantitative estimate of drug-likeness (QED) is 0.111. The maximum atomic E-state index is 15.9. The van der Waals surface area contributed by atoms with Gasteiger partial charge in [-0.1, -0.05) is 104 Å². The van der Waals surface area contributed by atoms with Crippen LogP contribution in [0.25, 0.3) is 119 Å². The van der Waals surface area contributed by atoms with Gasteiger partial charge in [0, 0.05) is 82.7 Å². The first kappa shape index (κ1) is 44.1. The second kappa shape index (κ2) is 14.9. The molecule has 0 amide bonds. The van der Waals surface area contributed by atoms with Crippen molar-refractivity contribution in [1.29, 1.82) is 0 Å². The van der Waals surface area contributed by atoms with Crippen LogP contribution in [0.15, 0.2) is 116 Å². The fourth-order valence-electron chi connectivity index (χ4n) is 13.0. The maximum Gasteiger partial charge on any atom is 0.266 e. The first-order chi connectivity index (χ1) is 34.4. The van der Waals surface area contributed by atoms with Gasteiger partial charge in [0.15, 0.2) is 0 Å². The Kier molecular flexibility index (Phi) is 9.11. The molecule has 0 atom stereocenters. The van der Waals surface area contributed by atoms with E-state index in [2.05, 4.69) is 102 Å². The van der Waals surface area contributed by atoms with Crippen LogP contribution in [0.1, 0.15) is 101 Å². The lowest BCUT2D eigenvalue weighted by Gasteiger charge is -2.27. The van der Waals surface area contributed by atoms with Gasteiger partial charge in [-0.2, -0.15) is 0 Å². The number of para-hydroxylation sites is 2. The van der Waals surface area contributed by atoms with Crippen molar-refractivity contribution in [1.82, 2.24) is 9.13 Å².